The number of halogens is 2. The first-order chi connectivity index (χ1) is 23.4. The fourth-order valence-corrected chi connectivity index (χ4v) is 7.02. The summed E-state index contributed by atoms with van der Waals surface area (Å²) in [6.45, 7) is 3.13. The Bertz CT molecular complexity index is 1680. The number of piperidine rings is 1. The third-order valence-electron chi connectivity index (χ3n) is 9.27. The molecule has 0 amide bonds. The normalized spacial score (nSPS) is 19.6. The molecule has 1 fully saturated rings. The summed E-state index contributed by atoms with van der Waals surface area (Å²) in [7, 11) is 0. The molecule has 1 saturated heterocycles. The van der Waals surface area contributed by atoms with Crippen LogP contribution in [0.15, 0.2) is 112 Å². The molecule has 0 bridgehead atoms. The lowest BCUT2D eigenvalue weighted by atomic mass is 9.68. The van der Waals surface area contributed by atoms with E-state index in [0.717, 1.165) is 32.5 Å². The molecule has 11 heteroatoms. The fourth-order valence-electron chi connectivity index (χ4n) is 7.02. The molecular weight excluding hydrogens is 618 g/mol. The maximum atomic E-state index is 13.4. The van der Waals surface area contributed by atoms with Crippen LogP contribution >= 0.6 is 0 Å². The minimum atomic E-state index is -3.06. The maximum absolute atomic E-state index is 13.4. The number of carbonyl (C=O) groups excluding carboxylic acids is 1. The predicted molar refractivity (Wildman–Crippen MR) is 175 cm³/mol. The van der Waals surface area contributed by atoms with Crippen LogP contribution in [0.3, 0.4) is 0 Å². The smallest absolute Gasteiger partial charge is 0.435 e. The molecular formula is C37H38F2N4O5. The van der Waals surface area contributed by atoms with Gasteiger partial charge in [-0.15, -0.1) is 10.2 Å². The number of ether oxygens (including phenoxy) is 3. The Morgan fingerprint density at radius 3 is 2.21 bits per heavy atom. The van der Waals surface area contributed by atoms with Gasteiger partial charge in [-0.2, -0.15) is 8.78 Å². The van der Waals surface area contributed by atoms with Gasteiger partial charge in [-0.1, -0.05) is 78.9 Å². The average molecular weight is 657 g/mol. The van der Waals surface area contributed by atoms with Crippen LogP contribution in [0.4, 0.5) is 13.6 Å². The number of allylic oxidation sites excluding steroid dienone is 2. The van der Waals surface area contributed by atoms with Gasteiger partial charge < -0.3 is 23.5 Å². The molecule has 48 heavy (non-hydrogen) atoms. The van der Waals surface area contributed by atoms with Crippen molar-refractivity contribution in [3.8, 4) is 5.75 Å². The number of aliphatic imine (C=N–C) groups is 1. The summed E-state index contributed by atoms with van der Waals surface area (Å²) in [5.74, 6) is -1.26. The van der Waals surface area contributed by atoms with Gasteiger partial charge in [0, 0.05) is 23.2 Å². The van der Waals surface area contributed by atoms with E-state index in [4.69, 9.17) is 18.6 Å². The molecule has 250 valence electrons. The molecule has 1 aromatic heterocycles. The highest BCUT2D eigenvalue weighted by Gasteiger charge is 2.42. The van der Waals surface area contributed by atoms with E-state index in [-0.39, 0.29) is 29.4 Å². The van der Waals surface area contributed by atoms with E-state index in [2.05, 4.69) is 80.8 Å². The first kappa shape index (κ1) is 33.0. The second-order valence-corrected chi connectivity index (χ2v) is 12.1. The number of alkyl halides is 2. The van der Waals surface area contributed by atoms with Crippen molar-refractivity contribution in [3.05, 3.63) is 125 Å². The molecule has 2 aliphatic heterocycles. The predicted octanol–water partition coefficient (Wildman–Crippen LogP) is 7.87. The van der Waals surface area contributed by atoms with Gasteiger partial charge in [0.2, 0.25) is 12.3 Å². The third-order valence-corrected chi connectivity index (χ3v) is 9.27. The van der Waals surface area contributed by atoms with Gasteiger partial charge in [-0.05, 0) is 63.4 Å². The molecule has 0 radical (unpaired) electrons. The SMILES string of the molecule is CC1=NC(C)=C(OC(=O)OCCCN2CCC(c3ccccc3)(c3ccccc3)CC2)C(c2ccccc2OC(F)F)C1c1nnco1. The topological polar surface area (TPSA) is 99.3 Å². The van der Waals surface area contributed by atoms with Gasteiger partial charge in [0.05, 0.1) is 24.1 Å². The van der Waals surface area contributed by atoms with Crippen molar-refractivity contribution in [2.24, 2.45) is 4.99 Å². The zero-order valence-electron chi connectivity index (χ0n) is 26.9. The number of likely N-dealkylation sites (tertiary alicyclic amines) is 1. The van der Waals surface area contributed by atoms with Crippen molar-refractivity contribution < 1.29 is 32.2 Å². The molecule has 3 heterocycles. The van der Waals surface area contributed by atoms with Gasteiger partial charge in [-0.3, -0.25) is 4.99 Å². The number of para-hydroxylation sites is 1. The zero-order valence-corrected chi connectivity index (χ0v) is 26.9. The van der Waals surface area contributed by atoms with Crippen molar-refractivity contribution in [2.75, 3.05) is 26.2 Å². The maximum Gasteiger partial charge on any atom is 0.513 e. The molecule has 0 saturated carbocycles. The van der Waals surface area contributed by atoms with Crippen LogP contribution < -0.4 is 4.74 Å². The molecule has 2 aliphatic rings. The number of hydrogen-bond acceptors (Lipinski definition) is 9. The molecule has 2 atom stereocenters. The number of hydrogen-bond donors (Lipinski definition) is 0. The second kappa shape index (κ2) is 14.9. The summed E-state index contributed by atoms with van der Waals surface area (Å²) < 4.78 is 48.5. The van der Waals surface area contributed by atoms with Crippen LogP contribution in [0.25, 0.3) is 0 Å². The van der Waals surface area contributed by atoms with Crippen LogP contribution in [0, 0.1) is 0 Å². The van der Waals surface area contributed by atoms with Crippen LogP contribution in [-0.4, -0.2) is 59.8 Å². The minimum absolute atomic E-state index is 0.0413. The van der Waals surface area contributed by atoms with Crippen molar-refractivity contribution in [1.29, 1.82) is 0 Å². The monoisotopic (exact) mass is 656 g/mol. The number of carbonyl (C=O) groups is 1. The summed E-state index contributed by atoms with van der Waals surface area (Å²) in [4.78, 5) is 20.0. The Morgan fingerprint density at radius 1 is 0.938 bits per heavy atom. The van der Waals surface area contributed by atoms with Crippen LogP contribution in [-0.2, 0) is 14.9 Å². The largest absolute Gasteiger partial charge is 0.513 e. The van der Waals surface area contributed by atoms with Crippen LogP contribution in [0.2, 0.25) is 0 Å². The van der Waals surface area contributed by atoms with Crippen LogP contribution in [0.1, 0.15) is 67.5 Å². The highest BCUT2D eigenvalue weighted by atomic mass is 19.3. The summed E-state index contributed by atoms with van der Waals surface area (Å²) >= 11 is 0. The summed E-state index contributed by atoms with van der Waals surface area (Å²) in [5.41, 5.74) is 3.95. The van der Waals surface area contributed by atoms with Crippen LogP contribution in [0.5, 0.6) is 5.75 Å². The first-order valence-electron chi connectivity index (χ1n) is 16.1. The Morgan fingerprint density at radius 2 is 1.58 bits per heavy atom. The van der Waals surface area contributed by atoms with E-state index in [9.17, 15) is 13.6 Å². The lowest BCUT2D eigenvalue weighted by Gasteiger charge is -2.43. The van der Waals surface area contributed by atoms with E-state index in [1.54, 1.807) is 32.0 Å². The molecule has 6 rings (SSSR count). The van der Waals surface area contributed by atoms with E-state index in [1.807, 2.05) is 0 Å². The van der Waals surface area contributed by atoms with E-state index in [0.29, 0.717) is 23.4 Å². The molecule has 0 spiro atoms. The average Bonchev–Trinajstić information content (AvgIpc) is 3.63. The summed E-state index contributed by atoms with van der Waals surface area (Å²) in [5, 5.41) is 7.85. The Kier molecular flexibility index (Phi) is 10.2. The van der Waals surface area contributed by atoms with Gasteiger partial charge in [0.25, 0.3) is 0 Å². The number of benzene rings is 3. The fraction of sp³-hybridized carbons (Fsp3) is 0.351. The molecule has 2 unspecified atom stereocenters. The van der Waals surface area contributed by atoms with Crippen molar-refractivity contribution in [3.63, 3.8) is 0 Å². The van der Waals surface area contributed by atoms with Gasteiger partial charge in [0.1, 0.15) is 11.5 Å². The molecule has 3 aromatic carbocycles. The molecule has 0 aliphatic carbocycles. The standard InChI is InChI=1S/C37H38F2N4O5/c1-25-31(34-42-40-24-46-34)32(29-16-9-10-17-30(29)47-35(38)39)33(26(2)41-25)48-36(44)45-23-11-20-43-21-18-37(19-22-43,27-12-5-3-6-13-27)28-14-7-4-8-15-28/h3-10,12-17,24,31-32,35H,11,18-23H2,1-2H3. The Hall–Kier alpha value is -4.90. The Labute approximate surface area is 278 Å². The van der Waals surface area contributed by atoms with Gasteiger partial charge >= 0.3 is 12.8 Å². The lowest BCUT2D eigenvalue weighted by molar-refractivity contribution is -0.0507. The zero-order chi connectivity index (χ0) is 33.5. The lowest BCUT2D eigenvalue weighted by Crippen LogP contribution is -2.43. The van der Waals surface area contributed by atoms with E-state index >= 15 is 0 Å². The van der Waals surface area contributed by atoms with Crippen molar-refractivity contribution in [1.82, 2.24) is 15.1 Å². The quantitative estimate of drug-likeness (QED) is 0.119. The molecule has 0 N–H and O–H groups in total. The third kappa shape index (κ3) is 7.16. The van der Waals surface area contributed by atoms with Gasteiger partial charge in [-0.25, -0.2) is 4.79 Å². The van der Waals surface area contributed by atoms with E-state index < -0.39 is 24.6 Å². The molecule has 9 nitrogen and oxygen atoms in total. The van der Waals surface area contributed by atoms with E-state index in [1.165, 1.54) is 23.6 Å². The first-order valence-corrected chi connectivity index (χ1v) is 16.1. The highest BCUT2D eigenvalue weighted by molar-refractivity contribution is 5.91. The van der Waals surface area contributed by atoms with Crippen molar-refractivity contribution in [2.45, 2.75) is 57.0 Å². The molecule has 4 aromatic rings. The minimum Gasteiger partial charge on any atom is -0.435 e. The second-order valence-electron chi connectivity index (χ2n) is 12.1. The Balaban J connectivity index is 1.10. The summed E-state index contributed by atoms with van der Waals surface area (Å²) in [6.07, 6.45) is 2.85. The number of rotatable bonds is 11. The van der Waals surface area contributed by atoms with Crippen molar-refractivity contribution >= 4 is 11.9 Å². The number of aromatic nitrogens is 2. The summed E-state index contributed by atoms with van der Waals surface area (Å²) in [6, 6.07) is 27.7. The number of nitrogens with zero attached hydrogens (tertiary/aromatic N) is 4. The van der Waals surface area contributed by atoms with Gasteiger partial charge in [0.15, 0.2) is 0 Å². The highest BCUT2D eigenvalue weighted by Crippen LogP contribution is 2.47.